The van der Waals surface area contributed by atoms with Gasteiger partial charge >= 0.3 is 0 Å². The molecule has 0 aliphatic rings. The maximum absolute atomic E-state index is 13.8. The van der Waals surface area contributed by atoms with E-state index in [9.17, 15) is 4.39 Å². The van der Waals surface area contributed by atoms with Crippen LogP contribution in [-0.4, -0.2) is 6.54 Å². The van der Waals surface area contributed by atoms with Crippen LogP contribution in [-0.2, 0) is 0 Å². The van der Waals surface area contributed by atoms with Crippen molar-refractivity contribution in [3.63, 3.8) is 0 Å². The zero-order valence-corrected chi connectivity index (χ0v) is 11.2. The Labute approximate surface area is 105 Å². The van der Waals surface area contributed by atoms with Crippen LogP contribution in [0.3, 0.4) is 0 Å². The molecule has 1 rings (SSSR count). The second kappa shape index (κ2) is 5.60. The Kier molecular flexibility index (Phi) is 4.69. The first-order chi connectivity index (χ1) is 7.47. The standard InChI is InChI=1S/C13H17BrFN/c1-8(2)9(3)12(7-16)11-5-4-10(14)6-13(11)15/h4-6,8,12H,3,7,16H2,1-2H3/t12-/m0/s1. The maximum Gasteiger partial charge on any atom is 0.128 e. The molecule has 0 spiro atoms. The summed E-state index contributed by atoms with van der Waals surface area (Å²) in [4.78, 5) is 0. The molecule has 0 saturated heterocycles. The van der Waals surface area contributed by atoms with Crippen LogP contribution in [0.15, 0.2) is 34.8 Å². The van der Waals surface area contributed by atoms with Crippen LogP contribution in [0.2, 0.25) is 0 Å². The molecule has 0 aliphatic carbocycles. The van der Waals surface area contributed by atoms with Gasteiger partial charge in [0, 0.05) is 16.9 Å². The van der Waals surface area contributed by atoms with E-state index in [2.05, 4.69) is 22.5 Å². The van der Waals surface area contributed by atoms with Crippen LogP contribution in [0, 0.1) is 11.7 Å². The van der Waals surface area contributed by atoms with Crippen LogP contribution < -0.4 is 5.73 Å². The molecule has 0 bridgehead atoms. The lowest BCUT2D eigenvalue weighted by Gasteiger charge is -2.21. The quantitative estimate of drug-likeness (QED) is 0.836. The minimum absolute atomic E-state index is 0.104. The average Bonchev–Trinajstić information content (AvgIpc) is 2.21. The number of halogens is 2. The molecule has 0 radical (unpaired) electrons. The first kappa shape index (κ1) is 13.4. The maximum atomic E-state index is 13.8. The van der Waals surface area contributed by atoms with E-state index >= 15 is 0 Å². The van der Waals surface area contributed by atoms with E-state index in [4.69, 9.17) is 5.73 Å². The van der Waals surface area contributed by atoms with Crippen molar-refractivity contribution in [2.45, 2.75) is 19.8 Å². The molecule has 1 atom stereocenters. The van der Waals surface area contributed by atoms with Crippen molar-refractivity contribution in [2.24, 2.45) is 11.7 Å². The molecule has 3 heteroatoms. The second-order valence-electron chi connectivity index (χ2n) is 4.18. The summed E-state index contributed by atoms with van der Waals surface area (Å²) in [7, 11) is 0. The molecule has 0 saturated carbocycles. The fourth-order valence-electron chi connectivity index (χ4n) is 1.66. The lowest BCUT2D eigenvalue weighted by molar-refractivity contribution is 0.577. The van der Waals surface area contributed by atoms with E-state index in [1.807, 2.05) is 19.9 Å². The van der Waals surface area contributed by atoms with Gasteiger partial charge in [-0.1, -0.05) is 48.0 Å². The van der Waals surface area contributed by atoms with Gasteiger partial charge in [-0.2, -0.15) is 0 Å². The topological polar surface area (TPSA) is 26.0 Å². The molecule has 0 aromatic heterocycles. The average molecular weight is 286 g/mol. The zero-order valence-electron chi connectivity index (χ0n) is 9.63. The first-order valence-electron chi connectivity index (χ1n) is 5.31. The zero-order chi connectivity index (χ0) is 12.3. The molecular formula is C13H17BrFN. The molecule has 88 valence electrons. The van der Waals surface area contributed by atoms with Crippen LogP contribution >= 0.6 is 15.9 Å². The van der Waals surface area contributed by atoms with Crippen molar-refractivity contribution in [2.75, 3.05) is 6.54 Å². The predicted molar refractivity (Wildman–Crippen MR) is 69.9 cm³/mol. The molecule has 1 aromatic rings. The Morgan fingerprint density at radius 2 is 2.12 bits per heavy atom. The molecule has 2 N–H and O–H groups in total. The molecule has 0 amide bonds. The summed E-state index contributed by atoms with van der Waals surface area (Å²) >= 11 is 3.24. The van der Waals surface area contributed by atoms with Crippen molar-refractivity contribution >= 4 is 15.9 Å². The van der Waals surface area contributed by atoms with Crippen molar-refractivity contribution in [3.8, 4) is 0 Å². The Hall–Kier alpha value is -0.670. The van der Waals surface area contributed by atoms with E-state index in [0.29, 0.717) is 18.0 Å². The lowest BCUT2D eigenvalue weighted by Crippen LogP contribution is -2.18. The third-order valence-corrected chi connectivity index (χ3v) is 3.26. The number of nitrogens with two attached hydrogens (primary N) is 1. The highest BCUT2D eigenvalue weighted by molar-refractivity contribution is 9.10. The second-order valence-corrected chi connectivity index (χ2v) is 5.10. The Morgan fingerprint density at radius 3 is 2.56 bits per heavy atom. The van der Waals surface area contributed by atoms with Crippen molar-refractivity contribution < 1.29 is 4.39 Å². The van der Waals surface area contributed by atoms with Crippen LogP contribution in [0.25, 0.3) is 0 Å². The third-order valence-electron chi connectivity index (χ3n) is 2.76. The van der Waals surface area contributed by atoms with Gasteiger partial charge in [-0.25, -0.2) is 4.39 Å². The highest BCUT2D eigenvalue weighted by atomic mass is 79.9. The highest BCUT2D eigenvalue weighted by Crippen LogP contribution is 2.30. The van der Waals surface area contributed by atoms with Gasteiger partial charge in [-0.05, 0) is 23.6 Å². The van der Waals surface area contributed by atoms with Gasteiger partial charge in [-0.3, -0.25) is 0 Å². The summed E-state index contributed by atoms with van der Waals surface area (Å²) in [6.07, 6.45) is 0. The number of benzene rings is 1. The van der Waals surface area contributed by atoms with E-state index in [1.165, 1.54) is 6.07 Å². The van der Waals surface area contributed by atoms with E-state index in [1.54, 1.807) is 6.07 Å². The fraction of sp³-hybridized carbons (Fsp3) is 0.385. The summed E-state index contributed by atoms with van der Waals surface area (Å²) in [6.45, 7) is 8.48. The SMILES string of the molecule is C=C(C(C)C)[C@H](CN)c1ccc(Br)cc1F. The van der Waals surface area contributed by atoms with Crippen molar-refractivity contribution in [1.82, 2.24) is 0 Å². The minimum Gasteiger partial charge on any atom is -0.330 e. The normalized spacial score (nSPS) is 12.9. The summed E-state index contributed by atoms with van der Waals surface area (Å²) in [5, 5.41) is 0. The Balaban J connectivity index is 3.09. The van der Waals surface area contributed by atoms with Crippen LogP contribution in [0.5, 0.6) is 0 Å². The van der Waals surface area contributed by atoms with E-state index in [-0.39, 0.29) is 11.7 Å². The van der Waals surface area contributed by atoms with Crippen molar-refractivity contribution in [1.29, 1.82) is 0 Å². The number of rotatable bonds is 4. The third kappa shape index (κ3) is 2.92. The number of hydrogen-bond acceptors (Lipinski definition) is 1. The Bertz CT molecular complexity index is 388. The molecule has 0 unspecified atom stereocenters. The molecule has 0 aliphatic heterocycles. The lowest BCUT2D eigenvalue weighted by atomic mass is 9.85. The molecule has 0 heterocycles. The largest absolute Gasteiger partial charge is 0.330 e. The highest BCUT2D eigenvalue weighted by Gasteiger charge is 2.19. The monoisotopic (exact) mass is 285 g/mol. The van der Waals surface area contributed by atoms with Gasteiger partial charge < -0.3 is 5.73 Å². The summed E-state index contributed by atoms with van der Waals surface area (Å²) in [5.74, 6) is -0.0312. The molecule has 1 aromatic carbocycles. The molecular weight excluding hydrogens is 269 g/mol. The van der Waals surface area contributed by atoms with Gasteiger partial charge in [0.1, 0.15) is 5.82 Å². The van der Waals surface area contributed by atoms with E-state index in [0.717, 1.165) is 10.0 Å². The molecule has 16 heavy (non-hydrogen) atoms. The Morgan fingerprint density at radius 1 is 1.50 bits per heavy atom. The van der Waals surface area contributed by atoms with Crippen molar-refractivity contribution in [3.05, 3.63) is 46.2 Å². The van der Waals surface area contributed by atoms with Gasteiger partial charge in [0.2, 0.25) is 0 Å². The van der Waals surface area contributed by atoms with Crippen LogP contribution in [0.1, 0.15) is 25.3 Å². The predicted octanol–water partition coefficient (Wildman–Crippen LogP) is 3.84. The van der Waals surface area contributed by atoms with Gasteiger partial charge in [-0.15, -0.1) is 0 Å². The summed E-state index contributed by atoms with van der Waals surface area (Å²) in [6, 6.07) is 5.06. The first-order valence-corrected chi connectivity index (χ1v) is 6.10. The van der Waals surface area contributed by atoms with Gasteiger partial charge in [0.05, 0.1) is 0 Å². The fourth-order valence-corrected chi connectivity index (χ4v) is 2.00. The van der Waals surface area contributed by atoms with E-state index < -0.39 is 0 Å². The summed E-state index contributed by atoms with van der Waals surface area (Å²) < 4.78 is 14.5. The van der Waals surface area contributed by atoms with Crippen LogP contribution in [0.4, 0.5) is 4.39 Å². The molecule has 1 nitrogen and oxygen atoms in total. The van der Waals surface area contributed by atoms with Gasteiger partial charge in [0.25, 0.3) is 0 Å². The smallest absolute Gasteiger partial charge is 0.128 e. The summed E-state index contributed by atoms with van der Waals surface area (Å²) in [5.41, 5.74) is 7.32. The molecule has 0 fully saturated rings. The minimum atomic E-state index is -0.230. The van der Waals surface area contributed by atoms with Gasteiger partial charge in [0.15, 0.2) is 0 Å². The number of hydrogen-bond donors (Lipinski definition) is 1.